The predicted octanol–water partition coefficient (Wildman–Crippen LogP) is 3.83. The van der Waals surface area contributed by atoms with E-state index in [-0.39, 0.29) is 22.2 Å². The number of oxime groups is 1. The molecule has 1 fully saturated rings. The number of allylic oxidation sites excluding steroid dienone is 1. The number of esters is 1. The third kappa shape index (κ3) is 6.65. The second-order valence-corrected chi connectivity index (χ2v) is 12.2. The van der Waals surface area contributed by atoms with Crippen molar-refractivity contribution in [2.45, 2.75) is 17.5 Å². The normalized spacial score (nSPS) is 18.1. The predicted molar refractivity (Wildman–Crippen MR) is 170 cm³/mol. The number of hydrogen-bond donors (Lipinski definition) is 2. The van der Waals surface area contributed by atoms with Crippen LogP contribution in [0, 0.1) is 11.3 Å². The summed E-state index contributed by atoms with van der Waals surface area (Å²) < 4.78 is 6.15. The van der Waals surface area contributed by atoms with Crippen LogP contribution in [-0.2, 0) is 24.0 Å². The minimum atomic E-state index is -0.930. The van der Waals surface area contributed by atoms with Crippen LogP contribution < -0.4 is 11.1 Å². The highest BCUT2D eigenvalue weighted by molar-refractivity contribution is 8.02. The second kappa shape index (κ2) is 14.3. The number of thiazole rings is 1. The van der Waals surface area contributed by atoms with Crippen LogP contribution in [0.2, 0.25) is 0 Å². The number of rotatable bonds is 11. The smallest absolute Gasteiger partial charge is 0.356 e. The molecule has 2 aliphatic heterocycles. The fourth-order valence-electron chi connectivity index (χ4n) is 4.66. The van der Waals surface area contributed by atoms with E-state index in [9.17, 15) is 14.4 Å². The lowest BCUT2D eigenvalue weighted by Crippen LogP contribution is -2.71. The van der Waals surface area contributed by atoms with E-state index in [4.69, 9.17) is 20.6 Å². The number of fused-ring (bicyclic) bond motifs is 1. The third-order valence-electron chi connectivity index (χ3n) is 6.62. The SMILES string of the molecule is CON=C(C(=O)NC1C(=O)N2C(C(=O)OC(c3ccccc3)c3ccccc3)=C(CS/C=C\C#N)CS[C@H]12)c1csc(N)n1. The molecule has 1 unspecified atom stereocenters. The van der Waals surface area contributed by atoms with E-state index in [0.717, 1.165) is 22.5 Å². The van der Waals surface area contributed by atoms with E-state index in [1.165, 1.54) is 41.6 Å². The van der Waals surface area contributed by atoms with Crippen molar-refractivity contribution in [1.82, 2.24) is 15.2 Å². The van der Waals surface area contributed by atoms with Crippen molar-refractivity contribution in [3.63, 3.8) is 0 Å². The van der Waals surface area contributed by atoms with Gasteiger partial charge >= 0.3 is 5.97 Å². The number of nitrogens with one attached hydrogen (secondary N) is 1. The zero-order chi connectivity index (χ0) is 31.1. The van der Waals surface area contributed by atoms with Crippen molar-refractivity contribution in [2.75, 3.05) is 24.3 Å². The van der Waals surface area contributed by atoms with Crippen molar-refractivity contribution in [1.29, 1.82) is 5.26 Å². The van der Waals surface area contributed by atoms with E-state index in [0.29, 0.717) is 17.1 Å². The van der Waals surface area contributed by atoms with Crippen molar-refractivity contribution >= 4 is 63.5 Å². The fourth-order valence-corrected chi connectivity index (χ4v) is 7.38. The maximum Gasteiger partial charge on any atom is 0.356 e. The van der Waals surface area contributed by atoms with E-state index >= 15 is 0 Å². The number of nitriles is 1. The van der Waals surface area contributed by atoms with E-state index < -0.39 is 35.3 Å². The standard InChI is InChI=1S/C30H26N6O5S3/c1-40-35-22(21-17-44-30(32)33-21)26(37)34-23-27(38)36-24(20(16-43-28(23)36)15-42-14-8-13-31)29(39)41-25(18-9-4-2-5-10-18)19-11-6-3-7-12-19/h2-12,14,17,23,25,28H,15-16H2,1H3,(H2,32,33)(H,34,37)/b14-8-,35-22?/t23?,28-/m1/s1. The molecule has 2 aliphatic rings. The maximum absolute atomic E-state index is 14.0. The van der Waals surface area contributed by atoms with Crippen LogP contribution in [0.3, 0.4) is 0 Å². The monoisotopic (exact) mass is 646 g/mol. The van der Waals surface area contributed by atoms with Gasteiger partial charge in [-0.3, -0.25) is 14.5 Å². The summed E-state index contributed by atoms with van der Waals surface area (Å²) in [4.78, 5) is 51.1. The zero-order valence-electron chi connectivity index (χ0n) is 23.3. The first kappa shape index (κ1) is 30.9. The number of amides is 2. The van der Waals surface area contributed by atoms with Gasteiger partial charge in [-0.25, -0.2) is 9.78 Å². The van der Waals surface area contributed by atoms with Crippen LogP contribution in [0.5, 0.6) is 0 Å². The van der Waals surface area contributed by atoms with Gasteiger partial charge in [0, 0.05) is 23.0 Å². The number of thioether (sulfide) groups is 2. The molecule has 0 aliphatic carbocycles. The summed E-state index contributed by atoms with van der Waals surface area (Å²) in [6, 6.07) is 19.7. The number of nitrogens with two attached hydrogens (primary N) is 1. The molecule has 1 saturated heterocycles. The summed E-state index contributed by atoms with van der Waals surface area (Å²) in [5.41, 5.74) is 8.18. The quantitative estimate of drug-likeness (QED) is 0.103. The Balaban J connectivity index is 1.42. The van der Waals surface area contributed by atoms with E-state index in [1.807, 2.05) is 66.7 Å². The van der Waals surface area contributed by atoms with Gasteiger partial charge in [0.25, 0.3) is 11.8 Å². The Labute approximate surface area is 265 Å². The summed E-state index contributed by atoms with van der Waals surface area (Å²) in [6.07, 6.45) is 0.626. The number of nitrogens with zero attached hydrogens (tertiary/aromatic N) is 4. The van der Waals surface area contributed by atoms with Gasteiger partial charge in [0.2, 0.25) is 0 Å². The van der Waals surface area contributed by atoms with Gasteiger partial charge in [0.05, 0.1) is 6.07 Å². The molecule has 3 N–H and O–H groups in total. The Morgan fingerprint density at radius 1 is 1.23 bits per heavy atom. The number of anilines is 1. The lowest BCUT2D eigenvalue weighted by Gasteiger charge is -2.49. The van der Waals surface area contributed by atoms with Crippen LogP contribution in [0.4, 0.5) is 5.13 Å². The molecule has 44 heavy (non-hydrogen) atoms. The van der Waals surface area contributed by atoms with Crippen LogP contribution >= 0.6 is 34.9 Å². The first-order valence-corrected chi connectivity index (χ1v) is 16.2. The Morgan fingerprint density at radius 2 is 1.91 bits per heavy atom. The Bertz CT molecular complexity index is 1630. The topological polar surface area (TPSA) is 160 Å². The Kier molecular flexibility index (Phi) is 10.0. The molecule has 2 atom stereocenters. The lowest BCUT2D eigenvalue weighted by atomic mass is 10.0. The Morgan fingerprint density at radius 3 is 2.50 bits per heavy atom. The summed E-state index contributed by atoms with van der Waals surface area (Å²) in [6.45, 7) is 0. The molecule has 3 aromatic rings. The fraction of sp³-hybridized carbons (Fsp3) is 0.200. The van der Waals surface area contributed by atoms with Gasteiger partial charge in [-0.1, -0.05) is 65.8 Å². The minimum absolute atomic E-state index is 0.127. The zero-order valence-corrected chi connectivity index (χ0v) is 25.7. The second-order valence-electron chi connectivity index (χ2n) is 9.36. The minimum Gasteiger partial charge on any atom is -0.448 e. The molecule has 0 saturated carbocycles. The largest absolute Gasteiger partial charge is 0.448 e. The summed E-state index contributed by atoms with van der Waals surface area (Å²) in [5.74, 6) is -1.03. The van der Waals surface area contributed by atoms with Crippen molar-refractivity contribution < 1.29 is 24.0 Å². The molecule has 1 aromatic heterocycles. The highest BCUT2D eigenvalue weighted by atomic mass is 32.2. The molecular weight excluding hydrogens is 621 g/mol. The van der Waals surface area contributed by atoms with Crippen LogP contribution in [0.1, 0.15) is 22.9 Å². The number of ether oxygens (including phenoxy) is 1. The number of β-lactam (4-membered cyclic amide) rings is 1. The lowest BCUT2D eigenvalue weighted by molar-refractivity contribution is -0.154. The number of benzene rings is 2. The van der Waals surface area contributed by atoms with Crippen LogP contribution in [0.25, 0.3) is 0 Å². The number of nitrogen functional groups attached to an aromatic ring is 1. The van der Waals surface area contributed by atoms with Gasteiger partial charge in [-0.05, 0) is 22.1 Å². The molecular formula is C30H26N6O5S3. The van der Waals surface area contributed by atoms with E-state index in [1.54, 1.807) is 10.8 Å². The Hall–Kier alpha value is -4.58. The van der Waals surface area contributed by atoms with Crippen LogP contribution in [0.15, 0.2) is 94.0 Å². The third-order valence-corrected chi connectivity index (χ3v) is 9.47. The van der Waals surface area contributed by atoms with E-state index in [2.05, 4.69) is 15.5 Å². The number of carbonyl (C=O) groups excluding carboxylic acids is 3. The van der Waals surface area contributed by atoms with Gasteiger partial charge in [0.1, 0.15) is 29.9 Å². The highest BCUT2D eigenvalue weighted by Gasteiger charge is 2.55. The molecule has 5 rings (SSSR count). The van der Waals surface area contributed by atoms with Gasteiger partial charge in [0.15, 0.2) is 16.9 Å². The van der Waals surface area contributed by atoms with Gasteiger partial charge in [-0.15, -0.1) is 34.9 Å². The molecule has 224 valence electrons. The number of aromatic nitrogens is 1. The van der Waals surface area contributed by atoms with Crippen molar-refractivity contribution in [3.05, 3.63) is 106 Å². The maximum atomic E-state index is 14.0. The molecule has 14 heteroatoms. The van der Waals surface area contributed by atoms with Crippen molar-refractivity contribution in [3.8, 4) is 6.07 Å². The average Bonchev–Trinajstić information content (AvgIpc) is 3.49. The first-order valence-electron chi connectivity index (χ1n) is 13.2. The van der Waals surface area contributed by atoms with Gasteiger partial charge < -0.3 is 20.6 Å². The molecule has 3 heterocycles. The first-order chi connectivity index (χ1) is 21.4. The summed E-state index contributed by atoms with van der Waals surface area (Å²) in [5, 5.41) is 18.3. The average molecular weight is 647 g/mol. The highest BCUT2D eigenvalue weighted by Crippen LogP contribution is 2.42. The number of hydrogen-bond acceptors (Lipinski definition) is 12. The summed E-state index contributed by atoms with van der Waals surface area (Å²) >= 11 is 3.88. The molecule has 2 amide bonds. The van der Waals surface area contributed by atoms with Crippen LogP contribution in [-0.4, -0.2) is 63.4 Å². The summed E-state index contributed by atoms with van der Waals surface area (Å²) in [7, 11) is 1.29. The molecule has 0 bridgehead atoms. The number of carbonyl (C=O) groups is 3. The molecule has 11 nitrogen and oxygen atoms in total. The molecule has 0 spiro atoms. The van der Waals surface area contributed by atoms with Crippen molar-refractivity contribution in [2.24, 2.45) is 5.16 Å². The molecule has 0 radical (unpaired) electrons. The van der Waals surface area contributed by atoms with Gasteiger partial charge in [-0.2, -0.15) is 5.26 Å². The molecule has 2 aromatic carbocycles.